The molecule has 0 aromatic carbocycles. The van der Waals surface area contributed by atoms with Crippen LogP contribution in [0.3, 0.4) is 0 Å². The first-order valence-electron chi connectivity index (χ1n) is 6.54. The number of nitrogens with zero attached hydrogens (tertiary/aromatic N) is 1. The smallest absolute Gasteiger partial charge is 0.326 e. The molecule has 0 radical (unpaired) electrons. The number of nitrogens with one attached hydrogen (secondary N) is 1. The lowest BCUT2D eigenvalue weighted by atomic mass is 9.99. The molecule has 0 aromatic rings. The Morgan fingerprint density at radius 3 is 2.22 bits per heavy atom. The molecule has 0 aliphatic rings. The van der Waals surface area contributed by atoms with Crippen LogP contribution >= 0.6 is 0 Å². The summed E-state index contributed by atoms with van der Waals surface area (Å²) in [6.45, 7) is 8.55. The SMILES string of the molecule is CCC(C)C(NC(=O)N(C)CCC(C)C)C(=O)O. The maximum atomic E-state index is 11.8. The van der Waals surface area contributed by atoms with Crippen molar-refractivity contribution in [2.45, 2.75) is 46.6 Å². The Labute approximate surface area is 110 Å². The summed E-state index contributed by atoms with van der Waals surface area (Å²) in [7, 11) is 1.69. The van der Waals surface area contributed by atoms with Gasteiger partial charge in [-0.25, -0.2) is 9.59 Å². The first kappa shape index (κ1) is 16.7. The van der Waals surface area contributed by atoms with Crippen LogP contribution in [-0.4, -0.2) is 41.6 Å². The number of carbonyl (C=O) groups is 2. The molecule has 0 aliphatic heterocycles. The molecule has 2 unspecified atom stereocenters. The van der Waals surface area contributed by atoms with Crippen LogP contribution in [0, 0.1) is 11.8 Å². The summed E-state index contributed by atoms with van der Waals surface area (Å²) in [5.41, 5.74) is 0. The quantitative estimate of drug-likeness (QED) is 0.735. The van der Waals surface area contributed by atoms with Gasteiger partial charge in [-0.3, -0.25) is 0 Å². The third-order valence-corrected chi connectivity index (χ3v) is 3.15. The first-order chi connectivity index (χ1) is 8.29. The van der Waals surface area contributed by atoms with Crippen LogP contribution in [0.1, 0.15) is 40.5 Å². The van der Waals surface area contributed by atoms with E-state index >= 15 is 0 Å². The van der Waals surface area contributed by atoms with Gasteiger partial charge in [0.2, 0.25) is 0 Å². The second-order valence-corrected chi connectivity index (χ2v) is 5.26. The van der Waals surface area contributed by atoms with Gasteiger partial charge in [-0.1, -0.05) is 34.1 Å². The third-order valence-electron chi connectivity index (χ3n) is 3.15. The average molecular weight is 258 g/mol. The Hall–Kier alpha value is -1.26. The zero-order chi connectivity index (χ0) is 14.3. The van der Waals surface area contributed by atoms with Crippen LogP contribution in [-0.2, 0) is 4.79 Å². The zero-order valence-electron chi connectivity index (χ0n) is 12.1. The Bertz CT molecular complexity index is 279. The van der Waals surface area contributed by atoms with Crippen LogP contribution < -0.4 is 5.32 Å². The number of carboxylic acids is 1. The van der Waals surface area contributed by atoms with Crippen molar-refractivity contribution in [2.75, 3.05) is 13.6 Å². The lowest BCUT2D eigenvalue weighted by Crippen LogP contribution is -2.49. The van der Waals surface area contributed by atoms with Crippen molar-refractivity contribution in [3.05, 3.63) is 0 Å². The van der Waals surface area contributed by atoms with E-state index in [-0.39, 0.29) is 11.9 Å². The normalized spacial score (nSPS) is 14.1. The summed E-state index contributed by atoms with van der Waals surface area (Å²) in [6, 6.07) is -1.13. The summed E-state index contributed by atoms with van der Waals surface area (Å²) >= 11 is 0. The largest absolute Gasteiger partial charge is 0.480 e. The number of urea groups is 1. The van der Waals surface area contributed by atoms with Crippen molar-refractivity contribution in [3.8, 4) is 0 Å². The fourth-order valence-corrected chi connectivity index (χ4v) is 1.48. The molecule has 0 bridgehead atoms. The van der Waals surface area contributed by atoms with Crippen molar-refractivity contribution in [2.24, 2.45) is 11.8 Å². The molecule has 0 aliphatic carbocycles. The van der Waals surface area contributed by atoms with Gasteiger partial charge < -0.3 is 15.3 Å². The molecule has 5 nitrogen and oxygen atoms in total. The Morgan fingerprint density at radius 2 is 1.83 bits per heavy atom. The molecule has 0 rings (SSSR count). The van der Waals surface area contributed by atoms with Crippen molar-refractivity contribution in [3.63, 3.8) is 0 Å². The van der Waals surface area contributed by atoms with Crippen molar-refractivity contribution < 1.29 is 14.7 Å². The van der Waals surface area contributed by atoms with E-state index in [1.807, 2.05) is 13.8 Å². The van der Waals surface area contributed by atoms with E-state index in [2.05, 4.69) is 19.2 Å². The van der Waals surface area contributed by atoms with Gasteiger partial charge in [0.05, 0.1) is 0 Å². The molecule has 0 saturated carbocycles. The standard InChI is InChI=1S/C13H26N2O3/c1-6-10(4)11(12(16)17)14-13(18)15(5)8-7-9(2)3/h9-11H,6-8H2,1-5H3,(H,14,18)(H,16,17). The Morgan fingerprint density at radius 1 is 1.28 bits per heavy atom. The molecular formula is C13H26N2O3. The Kier molecular flexibility index (Phi) is 7.39. The summed E-state index contributed by atoms with van der Waals surface area (Å²) in [4.78, 5) is 24.5. The van der Waals surface area contributed by atoms with E-state index in [9.17, 15) is 9.59 Å². The monoisotopic (exact) mass is 258 g/mol. The van der Waals surface area contributed by atoms with E-state index in [0.717, 1.165) is 6.42 Å². The van der Waals surface area contributed by atoms with Gasteiger partial charge in [0, 0.05) is 13.6 Å². The molecule has 0 saturated heterocycles. The van der Waals surface area contributed by atoms with E-state index in [4.69, 9.17) is 5.11 Å². The molecule has 0 spiro atoms. The van der Waals surface area contributed by atoms with E-state index in [1.165, 1.54) is 0 Å². The van der Waals surface area contributed by atoms with Gasteiger partial charge in [-0.15, -0.1) is 0 Å². The number of aliphatic carboxylic acids is 1. The minimum absolute atomic E-state index is 0.0788. The highest BCUT2D eigenvalue weighted by Crippen LogP contribution is 2.09. The molecule has 18 heavy (non-hydrogen) atoms. The molecule has 0 aromatic heterocycles. The lowest BCUT2D eigenvalue weighted by Gasteiger charge is -2.24. The van der Waals surface area contributed by atoms with Gasteiger partial charge in [-0.05, 0) is 18.3 Å². The predicted molar refractivity (Wildman–Crippen MR) is 71.5 cm³/mol. The molecule has 2 N–H and O–H groups in total. The third kappa shape index (κ3) is 5.89. The maximum absolute atomic E-state index is 11.8. The fourth-order valence-electron chi connectivity index (χ4n) is 1.48. The van der Waals surface area contributed by atoms with Crippen molar-refractivity contribution >= 4 is 12.0 Å². The molecule has 106 valence electrons. The second-order valence-electron chi connectivity index (χ2n) is 5.26. The van der Waals surface area contributed by atoms with Crippen LogP contribution in [0.15, 0.2) is 0 Å². The van der Waals surface area contributed by atoms with E-state index in [1.54, 1.807) is 11.9 Å². The van der Waals surface area contributed by atoms with Crippen molar-refractivity contribution in [1.29, 1.82) is 0 Å². The van der Waals surface area contributed by atoms with Gasteiger partial charge in [0.1, 0.15) is 6.04 Å². The molecule has 5 heteroatoms. The van der Waals surface area contributed by atoms with Crippen LogP contribution in [0.25, 0.3) is 0 Å². The van der Waals surface area contributed by atoms with Gasteiger partial charge in [-0.2, -0.15) is 0 Å². The van der Waals surface area contributed by atoms with Crippen molar-refractivity contribution in [1.82, 2.24) is 10.2 Å². The molecule has 2 atom stereocenters. The minimum Gasteiger partial charge on any atom is -0.480 e. The summed E-state index contributed by atoms with van der Waals surface area (Å²) in [6.07, 6.45) is 1.62. The van der Waals surface area contributed by atoms with E-state index < -0.39 is 12.0 Å². The summed E-state index contributed by atoms with van der Waals surface area (Å²) < 4.78 is 0. The number of rotatable bonds is 7. The lowest BCUT2D eigenvalue weighted by molar-refractivity contribution is -0.140. The van der Waals surface area contributed by atoms with Gasteiger partial charge >= 0.3 is 12.0 Å². The number of carbonyl (C=O) groups excluding carboxylic acids is 1. The van der Waals surface area contributed by atoms with Crippen LogP contribution in [0.4, 0.5) is 4.79 Å². The highest BCUT2D eigenvalue weighted by atomic mass is 16.4. The molecule has 0 heterocycles. The molecular weight excluding hydrogens is 232 g/mol. The Balaban J connectivity index is 4.37. The summed E-state index contributed by atoms with van der Waals surface area (Å²) in [5, 5.41) is 11.7. The fraction of sp³-hybridized carbons (Fsp3) is 0.846. The van der Waals surface area contributed by atoms with Crippen LogP contribution in [0.5, 0.6) is 0 Å². The van der Waals surface area contributed by atoms with E-state index in [0.29, 0.717) is 18.9 Å². The zero-order valence-corrected chi connectivity index (χ0v) is 12.1. The summed E-state index contributed by atoms with van der Waals surface area (Å²) in [5.74, 6) is -0.537. The topological polar surface area (TPSA) is 69.6 Å². The maximum Gasteiger partial charge on any atom is 0.326 e. The minimum atomic E-state index is -0.977. The molecule has 2 amide bonds. The highest BCUT2D eigenvalue weighted by Gasteiger charge is 2.26. The number of hydrogen-bond donors (Lipinski definition) is 2. The van der Waals surface area contributed by atoms with Gasteiger partial charge in [0.25, 0.3) is 0 Å². The average Bonchev–Trinajstić information content (AvgIpc) is 2.30. The number of amides is 2. The first-order valence-corrected chi connectivity index (χ1v) is 6.54. The van der Waals surface area contributed by atoms with Crippen LogP contribution in [0.2, 0.25) is 0 Å². The second kappa shape index (κ2) is 7.95. The van der Waals surface area contributed by atoms with Gasteiger partial charge in [0.15, 0.2) is 0 Å². The number of hydrogen-bond acceptors (Lipinski definition) is 2. The number of carboxylic acid groups (broad SMARTS) is 1. The highest BCUT2D eigenvalue weighted by molar-refractivity contribution is 5.82. The predicted octanol–water partition coefficient (Wildman–Crippen LogP) is 2.17. The molecule has 0 fully saturated rings.